The van der Waals surface area contributed by atoms with Crippen LogP contribution in [0.3, 0.4) is 0 Å². The molecule has 266 valence electrons. The highest BCUT2D eigenvalue weighted by atomic mass is 16.3. The number of aliphatic hydroxyl groups is 4. The molecule has 0 aromatic carbocycles. The topological polar surface area (TPSA) is 110 Å². The number of allylic oxidation sites excluding steroid dienone is 4. The van der Waals surface area contributed by atoms with Gasteiger partial charge in [-0.15, -0.1) is 0 Å². The van der Waals surface area contributed by atoms with Gasteiger partial charge in [-0.3, -0.25) is 4.79 Å². The molecule has 1 amide bonds. The van der Waals surface area contributed by atoms with Crippen LogP contribution in [0.1, 0.15) is 187 Å². The lowest BCUT2D eigenvalue weighted by Crippen LogP contribution is -2.53. The number of carbonyl (C=O) groups excluding carboxylic acids is 1. The first-order valence-electron chi connectivity index (χ1n) is 19.2. The Morgan fingerprint density at radius 2 is 0.933 bits per heavy atom. The van der Waals surface area contributed by atoms with Gasteiger partial charge in [0.25, 0.3) is 0 Å². The Morgan fingerprint density at radius 3 is 1.40 bits per heavy atom. The summed E-state index contributed by atoms with van der Waals surface area (Å²) in [6.07, 6.45) is 36.2. The third kappa shape index (κ3) is 28.7. The van der Waals surface area contributed by atoms with Crippen molar-refractivity contribution in [3.8, 4) is 0 Å². The fraction of sp³-hybridized carbons (Fsp3) is 0.872. The third-order valence-electron chi connectivity index (χ3n) is 8.89. The minimum Gasteiger partial charge on any atom is -0.394 e. The molecule has 0 rings (SSSR count). The second-order valence-electron chi connectivity index (χ2n) is 13.3. The molecule has 0 aliphatic rings. The molecule has 5 N–H and O–H groups in total. The third-order valence-corrected chi connectivity index (χ3v) is 8.89. The van der Waals surface area contributed by atoms with Crippen LogP contribution in [0.2, 0.25) is 0 Å². The zero-order chi connectivity index (χ0) is 33.2. The van der Waals surface area contributed by atoms with Crippen molar-refractivity contribution in [2.75, 3.05) is 6.61 Å². The van der Waals surface area contributed by atoms with Crippen molar-refractivity contribution in [1.29, 1.82) is 0 Å². The largest absolute Gasteiger partial charge is 0.394 e. The molecule has 6 heteroatoms. The zero-order valence-electron chi connectivity index (χ0n) is 29.6. The lowest BCUT2D eigenvalue weighted by Gasteiger charge is -2.27. The summed E-state index contributed by atoms with van der Waals surface area (Å²) in [6, 6.07) is -1.00. The van der Waals surface area contributed by atoms with Crippen molar-refractivity contribution in [1.82, 2.24) is 5.32 Å². The molecule has 0 fully saturated rings. The van der Waals surface area contributed by atoms with Crippen LogP contribution in [0.5, 0.6) is 0 Å². The fourth-order valence-corrected chi connectivity index (χ4v) is 5.77. The van der Waals surface area contributed by atoms with Crippen molar-refractivity contribution in [2.45, 2.75) is 212 Å². The van der Waals surface area contributed by atoms with Gasteiger partial charge >= 0.3 is 0 Å². The molecule has 4 atom stereocenters. The van der Waals surface area contributed by atoms with E-state index in [-0.39, 0.29) is 0 Å². The van der Waals surface area contributed by atoms with Gasteiger partial charge in [-0.05, 0) is 51.4 Å². The van der Waals surface area contributed by atoms with Crippen LogP contribution in [-0.2, 0) is 4.79 Å². The first kappa shape index (κ1) is 43.8. The molecule has 0 radical (unpaired) electrons. The molecule has 0 aromatic rings. The summed E-state index contributed by atoms with van der Waals surface area (Å²) in [5, 5.41) is 43.4. The average Bonchev–Trinajstić information content (AvgIpc) is 3.04. The number of hydrogen-bond acceptors (Lipinski definition) is 5. The summed E-state index contributed by atoms with van der Waals surface area (Å²) in [5.41, 5.74) is 0. The molecule has 0 aliphatic heterocycles. The molecule has 45 heavy (non-hydrogen) atoms. The van der Waals surface area contributed by atoms with Gasteiger partial charge in [0.2, 0.25) is 5.91 Å². The number of carbonyl (C=O) groups is 1. The van der Waals surface area contributed by atoms with Gasteiger partial charge in [0.15, 0.2) is 0 Å². The normalized spacial score (nSPS) is 14.7. The summed E-state index contributed by atoms with van der Waals surface area (Å²) in [5.74, 6) is -0.598. The van der Waals surface area contributed by atoms with Crippen molar-refractivity contribution in [3.05, 3.63) is 24.3 Å². The molecule has 0 saturated heterocycles. The van der Waals surface area contributed by atoms with Crippen molar-refractivity contribution in [2.24, 2.45) is 0 Å². The molecule has 0 saturated carbocycles. The van der Waals surface area contributed by atoms with Crippen LogP contribution in [-0.4, -0.2) is 57.3 Å². The lowest BCUT2D eigenvalue weighted by molar-refractivity contribution is -0.132. The zero-order valence-corrected chi connectivity index (χ0v) is 29.6. The van der Waals surface area contributed by atoms with Gasteiger partial charge in [-0.25, -0.2) is 0 Å². The summed E-state index contributed by atoms with van der Waals surface area (Å²) in [7, 11) is 0. The van der Waals surface area contributed by atoms with Gasteiger partial charge in [0.1, 0.15) is 12.2 Å². The van der Waals surface area contributed by atoms with Crippen molar-refractivity contribution < 1.29 is 25.2 Å². The van der Waals surface area contributed by atoms with Gasteiger partial charge in [-0.1, -0.05) is 160 Å². The number of rotatable bonds is 34. The van der Waals surface area contributed by atoms with Crippen LogP contribution in [0.4, 0.5) is 0 Å². The Kier molecular flexibility index (Phi) is 33.2. The molecule has 0 heterocycles. The van der Waals surface area contributed by atoms with Gasteiger partial charge in [0.05, 0.1) is 18.8 Å². The second kappa shape index (κ2) is 34.1. The summed E-state index contributed by atoms with van der Waals surface area (Å²) in [6.45, 7) is 4.00. The summed E-state index contributed by atoms with van der Waals surface area (Å²) in [4.78, 5) is 12.4. The van der Waals surface area contributed by atoms with Crippen LogP contribution < -0.4 is 5.32 Å². The average molecular weight is 638 g/mol. The van der Waals surface area contributed by atoms with Crippen LogP contribution >= 0.6 is 0 Å². The van der Waals surface area contributed by atoms with Gasteiger partial charge in [0, 0.05) is 0 Å². The predicted molar refractivity (Wildman–Crippen MR) is 191 cm³/mol. The molecule has 0 bridgehead atoms. The molecular formula is C39H75NO5. The van der Waals surface area contributed by atoms with Crippen molar-refractivity contribution >= 4 is 5.91 Å². The Balaban J connectivity index is 3.86. The highest BCUT2D eigenvalue weighted by Gasteiger charge is 2.28. The van der Waals surface area contributed by atoms with E-state index < -0.39 is 36.9 Å². The van der Waals surface area contributed by atoms with E-state index >= 15 is 0 Å². The number of amides is 1. The van der Waals surface area contributed by atoms with E-state index in [2.05, 4.69) is 43.5 Å². The molecule has 0 aromatic heterocycles. The molecule has 0 spiro atoms. The molecular weight excluding hydrogens is 562 g/mol. The van der Waals surface area contributed by atoms with Crippen LogP contribution in [0.25, 0.3) is 0 Å². The van der Waals surface area contributed by atoms with E-state index in [9.17, 15) is 25.2 Å². The highest BCUT2D eigenvalue weighted by Crippen LogP contribution is 2.15. The predicted octanol–water partition coefficient (Wildman–Crippen LogP) is 9.23. The molecule has 6 nitrogen and oxygen atoms in total. The SMILES string of the molecule is CCCCCCC/C=C/CC/C=C/CCCC(O)C(O)C(CO)NC(=O)C(O)CCCCCCCCCCCCCCCCC. The van der Waals surface area contributed by atoms with E-state index in [1.807, 2.05) is 0 Å². The Hall–Kier alpha value is -1.21. The maximum absolute atomic E-state index is 12.4. The van der Waals surface area contributed by atoms with E-state index in [0.29, 0.717) is 19.3 Å². The van der Waals surface area contributed by atoms with Crippen molar-refractivity contribution in [3.63, 3.8) is 0 Å². The maximum atomic E-state index is 12.4. The number of hydrogen-bond donors (Lipinski definition) is 5. The Bertz CT molecular complexity index is 682. The molecule has 4 unspecified atom stereocenters. The standard InChI is InChI=1S/C39H75NO5/c1-3-5-7-9-11-13-15-17-19-21-23-25-27-29-31-33-37(43)39(45)40-35(34-41)38(44)36(42)32-30-28-26-24-22-20-18-16-14-12-10-8-6-4-2/h16,18,24,26,35-38,41-44H,3-15,17,19-23,25,27-34H2,1-2H3,(H,40,45)/b18-16+,26-24+. The van der Waals surface area contributed by atoms with E-state index in [1.54, 1.807) is 0 Å². The number of aliphatic hydroxyl groups excluding tert-OH is 4. The fourth-order valence-electron chi connectivity index (χ4n) is 5.77. The highest BCUT2D eigenvalue weighted by molar-refractivity contribution is 5.80. The smallest absolute Gasteiger partial charge is 0.249 e. The summed E-state index contributed by atoms with van der Waals surface area (Å²) < 4.78 is 0. The number of nitrogens with one attached hydrogen (secondary N) is 1. The van der Waals surface area contributed by atoms with Gasteiger partial charge in [-0.2, -0.15) is 0 Å². The minimum absolute atomic E-state index is 0.363. The number of unbranched alkanes of at least 4 members (excludes halogenated alkanes) is 21. The first-order chi connectivity index (χ1) is 22.0. The first-order valence-corrected chi connectivity index (χ1v) is 19.2. The van der Waals surface area contributed by atoms with E-state index in [0.717, 1.165) is 38.5 Å². The van der Waals surface area contributed by atoms with E-state index in [1.165, 1.54) is 116 Å². The van der Waals surface area contributed by atoms with Crippen LogP contribution in [0.15, 0.2) is 24.3 Å². The minimum atomic E-state index is -1.28. The van der Waals surface area contributed by atoms with Crippen LogP contribution in [0, 0.1) is 0 Å². The van der Waals surface area contributed by atoms with Gasteiger partial charge < -0.3 is 25.7 Å². The Morgan fingerprint density at radius 1 is 0.533 bits per heavy atom. The summed E-state index contributed by atoms with van der Waals surface area (Å²) >= 11 is 0. The molecule has 0 aliphatic carbocycles. The van der Waals surface area contributed by atoms with E-state index in [4.69, 9.17) is 0 Å². The quantitative estimate of drug-likeness (QED) is 0.0357. The maximum Gasteiger partial charge on any atom is 0.249 e. The monoisotopic (exact) mass is 638 g/mol. The lowest BCUT2D eigenvalue weighted by atomic mass is 10.00. The second-order valence-corrected chi connectivity index (χ2v) is 13.3. The Labute approximate surface area is 278 Å².